The van der Waals surface area contributed by atoms with Crippen molar-refractivity contribution in [2.24, 2.45) is 0 Å². The van der Waals surface area contributed by atoms with E-state index >= 15 is 0 Å². The predicted octanol–water partition coefficient (Wildman–Crippen LogP) is 2.16. The van der Waals surface area contributed by atoms with Gasteiger partial charge in [0.1, 0.15) is 24.2 Å². The van der Waals surface area contributed by atoms with Crippen molar-refractivity contribution < 1.29 is 14.3 Å². The lowest BCUT2D eigenvalue weighted by Gasteiger charge is -2.16. The Morgan fingerprint density at radius 2 is 2.09 bits per heavy atom. The molecule has 8 nitrogen and oxygen atoms in total. The first-order valence-corrected chi connectivity index (χ1v) is 7.22. The van der Waals surface area contributed by atoms with Crippen LogP contribution < -0.4 is 20.1 Å². The monoisotopic (exact) mass is 339 g/mol. The number of carbonyl (C=O) groups is 1. The molecule has 1 aromatic carbocycles. The van der Waals surface area contributed by atoms with Gasteiger partial charge in [0, 0.05) is 18.2 Å². The molecule has 1 atom stereocenters. The normalized spacial score (nSPS) is 11.7. The summed E-state index contributed by atoms with van der Waals surface area (Å²) >= 11 is 6.03. The van der Waals surface area contributed by atoms with Crippen molar-refractivity contribution in [3.8, 4) is 11.5 Å². The summed E-state index contributed by atoms with van der Waals surface area (Å²) in [6.07, 6.45) is 3.03. The molecule has 0 aliphatic carbocycles. The van der Waals surface area contributed by atoms with Gasteiger partial charge in [-0.3, -0.25) is 4.68 Å². The number of nitrogens with zero attached hydrogens (tertiary/aromatic N) is 3. The molecule has 0 spiro atoms. The molecule has 1 aromatic heterocycles. The molecule has 1 heterocycles. The van der Waals surface area contributed by atoms with Crippen LogP contribution in [0.3, 0.4) is 0 Å². The second-order valence-corrected chi connectivity index (χ2v) is 5.21. The van der Waals surface area contributed by atoms with Crippen LogP contribution in [0.4, 0.5) is 10.5 Å². The lowest BCUT2D eigenvalue weighted by molar-refractivity contribution is 0.247. The summed E-state index contributed by atoms with van der Waals surface area (Å²) < 4.78 is 12.0. The lowest BCUT2D eigenvalue weighted by Crippen LogP contribution is -2.38. The quantitative estimate of drug-likeness (QED) is 0.841. The summed E-state index contributed by atoms with van der Waals surface area (Å²) in [6, 6.07) is 2.66. The van der Waals surface area contributed by atoms with Gasteiger partial charge in [-0.25, -0.2) is 9.78 Å². The number of methoxy groups -OCH3 is 2. The third-order valence-corrected chi connectivity index (χ3v) is 3.32. The number of ether oxygens (including phenoxy) is 2. The Balaban J connectivity index is 2.01. The highest BCUT2D eigenvalue weighted by atomic mass is 35.5. The maximum absolute atomic E-state index is 12.1. The molecule has 2 rings (SSSR count). The van der Waals surface area contributed by atoms with Gasteiger partial charge in [-0.05, 0) is 6.92 Å². The van der Waals surface area contributed by atoms with E-state index in [4.69, 9.17) is 21.1 Å². The van der Waals surface area contributed by atoms with Gasteiger partial charge in [-0.1, -0.05) is 11.6 Å². The van der Waals surface area contributed by atoms with Crippen LogP contribution in [0.1, 0.15) is 6.92 Å². The third kappa shape index (κ3) is 4.49. The van der Waals surface area contributed by atoms with E-state index in [1.165, 1.54) is 20.5 Å². The van der Waals surface area contributed by atoms with Gasteiger partial charge in [0.2, 0.25) is 0 Å². The number of halogens is 1. The van der Waals surface area contributed by atoms with Gasteiger partial charge < -0.3 is 20.1 Å². The van der Waals surface area contributed by atoms with Gasteiger partial charge in [-0.2, -0.15) is 5.10 Å². The Morgan fingerprint density at radius 3 is 2.70 bits per heavy atom. The second-order valence-electron chi connectivity index (χ2n) is 4.80. The Labute approximate surface area is 138 Å². The number of hydrogen-bond donors (Lipinski definition) is 2. The average Bonchev–Trinajstić information content (AvgIpc) is 3.01. The molecule has 0 saturated carbocycles. The number of benzene rings is 1. The number of nitrogens with one attached hydrogen (secondary N) is 2. The fraction of sp³-hybridized carbons (Fsp3) is 0.357. The molecule has 2 N–H and O–H groups in total. The zero-order valence-corrected chi connectivity index (χ0v) is 13.8. The number of urea groups is 1. The van der Waals surface area contributed by atoms with Crippen LogP contribution in [-0.4, -0.2) is 41.1 Å². The zero-order chi connectivity index (χ0) is 16.8. The number of hydrogen-bond acceptors (Lipinski definition) is 5. The molecule has 0 aliphatic heterocycles. The van der Waals surface area contributed by atoms with E-state index in [2.05, 4.69) is 20.7 Å². The minimum Gasteiger partial charge on any atom is -0.495 e. The van der Waals surface area contributed by atoms with Crippen LogP contribution in [0.15, 0.2) is 24.8 Å². The van der Waals surface area contributed by atoms with E-state index in [9.17, 15) is 4.79 Å². The average molecular weight is 340 g/mol. The van der Waals surface area contributed by atoms with E-state index < -0.39 is 0 Å². The largest absolute Gasteiger partial charge is 0.495 e. The second kappa shape index (κ2) is 7.68. The highest BCUT2D eigenvalue weighted by Gasteiger charge is 2.14. The van der Waals surface area contributed by atoms with Crippen LogP contribution in [0.25, 0.3) is 0 Å². The Morgan fingerprint density at radius 1 is 1.35 bits per heavy atom. The first kappa shape index (κ1) is 16.9. The van der Waals surface area contributed by atoms with Crippen molar-refractivity contribution in [2.75, 3.05) is 19.5 Å². The summed E-state index contributed by atoms with van der Waals surface area (Å²) in [5, 5.41) is 9.90. The summed E-state index contributed by atoms with van der Waals surface area (Å²) in [5.74, 6) is 0.883. The highest BCUT2D eigenvalue weighted by Crippen LogP contribution is 2.35. The molecule has 0 fully saturated rings. The lowest BCUT2D eigenvalue weighted by atomic mass is 10.2. The van der Waals surface area contributed by atoms with Gasteiger partial charge in [0.05, 0.1) is 31.5 Å². The molecule has 23 heavy (non-hydrogen) atoms. The zero-order valence-electron chi connectivity index (χ0n) is 13.0. The van der Waals surface area contributed by atoms with Crippen molar-refractivity contribution in [1.82, 2.24) is 20.1 Å². The van der Waals surface area contributed by atoms with Gasteiger partial charge in [-0.15, -0.1) is 0 Å². The molecule has 0 bridgehead atoms. The molecular formula is C14H18ClN5O3. The Hall–Kier alpha value is -2.48. The van der Waals surface area contributed by atoms with E-state index in [0.717, 1.165) is 0 Å². The van der Waals surface area contributed by atoms with Crippen LogP contribution in [0.2, 0.25) is 5.02 Å². The van der Waals surface area contributed by atoms with Crippen molar-refractivity contribution in [3.05, 3.63) is 29.8 Å². The summed E-state index contributed by atoms with van der Waals surface area (Å²) in [5.41, 5.74) is 0.458. The molecule has 0 saturated heterocycles. The van der Waals surface area contributed by atoms with Crippen LogP contribution >= 0.6 is 11.6 Å². The van der Waals surface area contributed by atoms with Crippen molar-refractivity contribution in [1.29, 1.82) is 0 Å². The summed E-state index contributed by atoms with van der Waals surface area (Å²) in [4.78, 5) is 16.0. The van der Waals surface area contributed by atoms with Crippen LogP contribution in [0.5, 0.6) is 11.5 Å². The van der Waals surface area contributed by atoms with Crippen molar-refractivity contribution in [3.63, 3.8) is 0 Å². The van der Waals surface area contributed by atoms with Gasteiger partial charge in [0.15, 0.2) is 0 Å². The maximum Gasteiger partial charge on any atom is 0.319 e. The minimum absolute atomic E-state index is 0.142. The predicted molar refractivity (Wildman–Crippen MR) is 86.2 cm³/mol. The van der Waals surface area contributed by atoms with Crippen LogP contribution in [-0.2, 0) is 6.54 Å². The van der Waals surface area contributed by atoms with Gasteiger partial charge in [0.25, 0.3) is 0 Å². The number of anilines is 1. The first-order valence-electron chi connectivity index (χ1n) is 6.85. The topological polar surface area (TPSA) is 90.3 Å². The smallest absolute Gasteiger partial charge is 0.319 e. The third-order valence-electron chi connectivity index (χ3n) is 3.03. The Bertz CT molecular complexity index is 663. The van der Waals surface area contributed by atoms with E-state index in [1.807, 2.05) is 6.92 Å². The number of carbonyl (C=O) groups excluding carboxylic acids is 1. The Kier molecular flexibility index (Phi) is 5.64. The molecule has 0 radical (unpaired) electrons. The summed E-state index contributed by atoms with van der Waals surface area (Å²) in [7, 11) is 2.99. The molecule has 2 amide bonds. The highest BCUT2D eigenvalue weighted by molar-refractivity contribution is 6.32. The molecule has 2 aromatic rings. The number of rotatable bonds is 6. The molecule has 124 valence electrons. The fourth-order valence-corrected chi connectivity index (χ4v) is 2.22. The molecule has 9 heteroatoms. The molecular weight excluding hydrogens is 322 g/mol. The van der Waals surface area contributed by atoms with Gasteiger partial charge >= 0.3 is 6.03 Å². The SMILES string of the molecule is COc1cc(NC(=O)N[C@H](C)Cn2cncn2)c(OC)cc1Cl. The minimum atomic E-state index is -0.375. The van der Waals surface area contributed by atoms with E-state index in [1.54, 1.807) is 23.1 Å². The van der Waals surface area contributed by atoms with E-state index in [-0.39, 0.29) is 12.1 Å². The van der Waals surface area contributed by atoms with Crippen LogP contribution in [0, 0.1) is 0 Å². The van der Waals surface area contributed by atoms with Crippen molar-refractivity contribution in [2.45, 2.75) is 19.5 Å². The maximum atomic E-state index is 12.1. The van der Waals surface area contributed by atoms with E-state index in [0.29, 0.717) is 28.8 Å². The fourth-order valence-electron chi connectivity index (χ4n) is 1.99. The molecule has 0 aliphatic rings. The number of aromatic nitrogens is 3. The standard InChI is InChI=1S/C14H18ClN5O3/c1-9(6-20-8-16-7-17-20)18-14(21)19-11-5-12(22-2)10(15)4-13(11)23-3/h4-5,7-9H,6H2,1-3H3,(H2,18,19,21)/t9-/m1/s1. The number of amides is 2. The van der Waals surface area contributed by atoms with Crippen molar-refractivity contribution >= 4 is 23.3 Å². The molecule has 0 unspecified atom stereocenters. The summed E-state index contributed by atoms with van der Waals surface area (Å²) in [6.45, 7) is 2.37. The first-order chi connectivity index (χ1) is 11.0.